The van der Waals surface area contributed by atoms with E-state index in [1.54, 1.807) is 0 Å². The van der Waals surface area contributed by atoms with Crippen molar-refractivity contribution in [2.45, 2.75) is 13.3 Å². The Morgan fingerprint density at radius 3 is 2.40 bits per heavy atom. The van der Waals surface area contributed by atoms with E-state index in [1.165, 1.54) is 6.92 Å². The molecule has 0 aliphatic carbocycles. The summed E-state index contributed by atoms with van der Waals surface area (Å²) in [6, 6.07) is 0. The van der Waals surface area contributed by atoms with Crippen LogP contribution in [0.25, 0.3) is 0 Å². The Hall–Kier alpha value is -0.580. The van der Waals surface area contributed by atoms with E-state index in [4.69, 9.17) is 0 Å². The van der Waals surface area contributed by atoms with Gasteiger partial charge in [-0.05, 0) is 0 Å². The molecule has 0 atom stereocenters. The number of amides is 2. The highest BCUT2D eigenvalue weighted by Crippen LogP contribution is 1.84. The SMILES string of the molecule is CC(=O)NNC(=O)CCBr. The zero-order chi connectivity index (χ0) is 7.98. The van der Waals surface area contributed by atoms with Gasteiger partial charge < -0.3 is 0 Å². The van der Waals surface area contributed by atoms with Crippen LogP contribution in [-0.4, -0.2) is 17.1 Å². The van der Waals surface area contributed by atoms with Crippen LogP contribution in [-0.2, 0) is 9.59 Å². The molecule has 4 nitrogen and oxygen atoms in total. The Bertz CT molecular complexity index is 138. The minimum atomic E-state index is -0.275. The van der Waals surface area contributed by atoms with Crippen molar-refractivity contribution in [2.75, 3.05) is 5.33 Å². The summed E-state index contributed by atoms with van der Waals surface area (Å²) in [5, 5.41) is 0.596. The summed E-state index contributed by atoms with van der Waals surface area (Å²) >= 11 is 3.08. The predicted octanol–water partition coefficient (Wildman–Crippen LogP) is -0.0613. The molecular weight excluding hydrogens is 200 g/mol. The third-order valence-corrected chi connectivity index (χ3v) is 1.10. The van der Waals surface area contributed by atoms with E-state index >= 15 is 0 Å². The van der Waals surface area contributed by atoms with Crippen LogP contribution >= 0.6 is 15.9 Å². The number of hydrogen-bond donors (Lipinski definition) is 2. The number of hydrogen-bond acceptors (Lipinski definition) is 2. The molecule has 58 valence electrons. The lowest BCUT2D eigenvalue weighted by Gasteiger charge is -2.01. The van der Waals surface area contributed by atoms with Gasteiger partial charge in [0.25, 0.3) is 0 Å². The van der Waals surface area contributed by atoms with Crippen LogP contribution in [0, 0.1) is 0 Å². The van der Waals surface area contributed by atoms with Gasteiger partial charge in [0.1, 0.15) is 0 Å². The summed E-state index contributed by atoms with van der Waals surface area (Å²) in [5.74, 6) is -0.477. The standard InChI is InChI=1S/C5H9BrN2O2/c1-4(9)7-8-5(10)2-3-6/h2-3H2,1H3,(H,7,9)(H,8,10). The first-order chi connectivity index (χ1) is 4.66. The van der Waals surface area contributed by atoms with Crippen molar-refractivity contribution in [3.63, 3.8) is 0 Å². The van der Waals surface area contributed by atoms with E-state index in [0.29, 0.717) is 11.8 Å². The van der Waals surface area contributed by atoms with Gasteiger partial charge in [-0.2, -0.15) is 0 Å². The van der Waals surface area contributed by atoms with Gasteiger partial charge in [-0.3, -0.25) is 20.4 Å². The fraction of sp³-hybridized carbons (Fsp3) is 0.600. The van der Waals surface area contributed by atoms with E-state index in [1.807, 2.05) is 0 Å². The number of alkyl halides is 1. The summed E-state index contributed by atoms with van der Waals surface area (Å²) in [7, 11) is 0. The first kappa shape index (κ1) is 9.42. The number of carbonyl (C=O) groups is 2. The Labute approximate surface area is 67.5 Å². The lowest BCUT2D eigenvalue weighted by molar-refractivity contribution is -0.127. The van der Waals surface area contributed by atoms with Gasteiger partial charge in [0.2, 0.25) is 11.8 Å². The summed E-state index contributed by atoms with van der Waals surface area (Å²) in [5.41, 5.74) is 4.39. The quantitative estimate of drug-likeness (QED) is 0.494. The minimum absolute atomic E-state index is 0.202. The van der Waals surface area contributed by atoms with Crippen LogP contribution < -0.4 is 10.9 Å². The Morgan fingerprint density at radius 2 is 2.00 bits per heavy atom. The lowest BCUT2D eigenvalue weighted by atomic mass is 10.5. The Balaban J connectivity index is 3.30. The molecule has 10 heavy (non-hydrogen) atoms. The highest BCUT2D eigenvalue weighted by atomic mass is 79.9. The molecule has 0 saturated carbocycles. The van der Waals surface area contributed by atoms with Crippen molar-refractivity contribution < 1.29 is 9.59 Å². The van der Waals surface area contributed by atoms with Gasteiger partial charge in [0.15, 0.2) is 0 Å². The number of rotatable bonds is 2. The summed E-state index contributed by atoms with van der Waals surface area (Å²) in [6.07, 6.45) is 0.361. The monoisotopic (exact) mass is 208 g/mol. The molecule has 0 aliphatic heterocycles. The van der Waals surface area contributed by atoms with Crippen LogP contribution in [0.3, 0.4) is 0 Å². The largest absolute Gasteiger partial charge is 0.274 e. The molecule has 0 radical (unpaired) electrons. The van der Waals surface area contributed by atoms with Gasteiger partial charge in [-0.1, -0.05) is 15.9 Å². The van der Waals surface area contributed by atoms with Gasteiger partial charge >= 0.3 is 0 Å². The van der Waals surface area contributed by atoms with E-state index in [2.05, 4.69) is 26.8 Å². The molecule has 0 aromatic heterocycles. The van der Waals surface area contributed by atoms with Gasteiger partial charge in [-0.25, -0.2) is 0 Å². The van der Waals surface area contributed by atoms with Crippen LogP contribution in [0.5, 0.6) is 0 Å². The van der Waals surface area contributed by atoms with Crippen molar-refractivity contribution in [1.82, 2.24) is 10.9 Å². The van der Waals surface area contributed by atoms with E-state index in [9.17, 15) is 9.59 Å². The number of carbonyl (C=O) groups excluding carboxylic acids is 2. The number of hydrazine groups is 1. The van der Waals surface area contributed by atoms with Crippen molar-refractivity contribution >= 4 is 27.7 Å². The molecule has 0 aliphatic rings. The molecule has 0 rings (SSSR count). The molecule has 0 aromatic rings. The lowest BCUT2D eigenvalue weighted by Crippen LogP contribution is -2.40. The van der Waals surface area contributed by atoms with Crippen LogP contribution in [0.1, 0.15) is 13.3 Å². The van der Waals surface area contributed by atoms with E-state index in [-0.39, 0.29) is 11.8 Å². The molecule has 5 heteroatoms. The maximum absolute atomic E-state index is 10.6. The van der Waals surface area contributed by atoms with E-state index in [0.717, 1.165) is 0 Å². The zero-order valence-electron chi connectivity index (χ0n) is 5.61. The first-order valence-corrected chi connectivity index (χ1v) is 3.90. The second-order valence-electron chi connectivity index (χ2n) is 1.67. The fourth-order valence-corrected chi connectivity index (χ4v) is 0.666. The highest BCUT2D eigenvalue weighted by molar-refractivity contribution is 9.09. The maximum atomic E-state index is 10.6. The molecule has 0 aromatic carbocycles. The van der Waals surface area contributed by atoms with Crippen LogP contribution in [0.2, 0.25) is 0 Å². The highest BCUT2D eigenvalue weighted by Gasteiger charge is 1.97. The van der Waals surface area contributed by atoms with Crippen molar-refractivity contribution in [2.24, 2.45) is 0 Å². The second kappa shape index (κ2) is 5.22. The third kappa shape index (κ3) is 5.55. The number of halogens is 1. The van der Waals surface area contributed by atoms with Crippen molar-refractivity contribution in [1.29, 1.82) is 0 Å². The second-order valence-corrected chi connectivity index (χ2v) is 2.46. The average Bonchev–Trinajstić information content (AvgIpc) is 1.85. The fourth-order valence-electron chi connectivity index (χ4n) is 0.306. The molecule has 2 N–H and O–H groups in total. The molecule has 0 saturated heterocycles. The summed E-state index contributed by atoms with van der Waals surface area (Å²) in [4.78, 5) is 20.8. The Kier molecular flexibility index (Phi) is 4.92. The molecule has 0 unspecified atom stereocenters. The normalized spacial score (nSPS) is 8.60. The maximum Gasteiger partial charge on any atom is 0.239 e. The van der Waals surface area contributed by atoms with Gasteiger partial charge in [0.05, 0.1) is 0 Å². The topological polar surface area (TPSA) is 58.2 Å². The summed E-state index contributed by atoms with van der Waals surface area (Å²) < 4.78 is 0. The molecule has 2 amide bonds. The smallest absolute Gasteiger partial charge is 0.239 e. The Morgan fingerprint density at radius 1 is 1.40 bits per heavy atom. The zero-order valence-corrected chi connectivity index (χ0v) is 7.19. The third-order valence-electron chi connectivity index (χ3n) is 0.700. The minimum Gasteiger partial charge on any atom is -0.274 e. The van der Waals surface area contributed by atoms with Crippen LogP contribution in [0.4, 0.5) is 0 Å². The summed E-state index contributed by atoms with van der Waals surface area (Å²) in [6.45, 7) is 1.33. The number of nitrogens with one attached hydrogen (secondary N) is 2. The molecule has 0 fully saturated rings. The van der Waals surface area contributed by atoms with Crippen molar-refractivity contribution in [3.05, 3.63) is 0 Å². The molecule has 0 bridgehead atoms. The molecular formula is C5H9BrN2O2. The average molecular weight is 209 g/mol. The van der Waals surface area contributed by atoms with Crippen LogP contribution in [0.15, 0.2) is 0 Å². The van der Waals surface area contributed by atoms with Crippen molar-refractivity contribution in [3.8, 4) is 0 Å². The van der Waals surface area contributed by atoms with Gasteiger partial charge in [0, 0.05) is 18.7 Å². The first-order valence-electron chi connectivity index (χ1n) is 2.78. The predicted molar refractivity (Wildman–Crippen MR) is 40.4 cm³/mol. The molecule has 0 spiro atoms. The van der Waals surface area contributed by atoms with E-state index < -0.39 is 0 Å². The van der Waals surface area contributed by atoms with Gasteiger partial charge in [-0.15, -0.1) is 0 Å². The molecule has 0 heterocycles.